The molecule has 0 aromatic rings. The van der Waals surface area contributed by atoms with E-state index in [0.29, 0.717) is 17.3 Å². The molecule has 0 radical (unpaired) electrons. The van der Waals surface area contributed by atoms with Crippen LogP contribution in [0.15, 0.2) is 0 Å². The Morgan fingerprint density at radius 3 is 1.71 bits per heavy atom. The summed E-state index contributed by atoms with van der Waals surface area (Å²) in [6.45, 7) is 6.99. The van der Waals surface area contributed by atoms with Gasteiger partial charge in [-0.05, 0) is 19.3 Å². The monoisotopic (exact) mass is 332 g/mol. The minimum atomic E-state index is -0.299. The fraction of sp³-hybridized carbons (Fsp3) is 1.00. The number of epoxide rings is 1. The number of hydrogen-bond acceptors (Lipinski definition) is 3. The van der Waals surface area contributed by atoms with Crippen LogP contribution < -0.4 is 0 Å². The van der Waals surface area contributed by atoms with E-state index in [9.17, 15) is 0 Å². The molecule has 1 saturated heterocycles. The molecule has 106 valence electrons. The van der Waals surface area contributed by atoms with Crippen LogP contribution in [0.5, 0.6) is 0 Å². The first-order chi connectivity index (χ1) is 8.05. The number of halogens is 2. The summed E-state index contributed by atoms with van der Waals surface area (Å²) in [5, 5.41) is 17.9. The summed E-state index contributed by atoms with van der Waals surface area (Å²) >= 11 is 8.33. The maximum atomic E-state index is 8.62. The molecular weight excluding hydrogens is 307 g/mol. The standard InChI is InChI=1S/C4H9BrO.C4H9ClO.C4H8O/c2*1-2-4(6)3-5;1-2-4-3-5-4/h2*4,6H,2-3H2,1H3;4H,2-3H2,1H3. The van der Waals surface area contributed by atoms with Crippen molar-refractivity contribution in [1.29, 1.82) is 0 Å². The van der Waals surface area contributed by atoms with E-state index in [4.69, 9.17) is 26.6 Å². The highest BCUT2D eigenvalue weighted by atomic mass is 79.9. The average Bonchev–Trinajstić information content (AvgIpc) is 3.22. The third kappa shape index (κ3) is 19.2. The second kappa shape index (κ2) is 14.7. The normalized spacial score (nSPS) is 20.3. The number of aliphatic hydroxyl groups excluding tert-OH is 2. The predicted octanol–water partition coefficient (Wildman–Crippen LogP) is 2.94. The van der Waals surface area contributed by atoms with Gasteiger partial charge in [0.15, 0.2) is 0 Å². The molecule has 1 aliphatic rings. The summed E-state index contributed by atoms with van der Waals surface area (Å²) < 4.78 is 4.86. The number of ether oxygens (including phenoxy) is 1. The molecule has 3 unspecified atom stereocenters. The summed E-state index contributed by atoms with van der Waals surface area (Å²) in [5.41, 5.74) is 0. The highest BCUT2D eigenvalue weighted by Gasteiger charge is 2.18. The smallest absolute Gasteiger partial charge is 0.0807 e. The van der Waals surface area contributed by atoms with Crippen LogP contribution in [0.25, 0.3) is 0 Å². The predicted molar refractivity (Wildman–Crippen MR) is 77.1 cm³/mol. The van der Waals surface area contributed by atoms with Gasteiger partial charge in [-0.2, -0.15) is 0 Å². The van der Waals surface area contributed by atoms with Crippen LogP contribution in [-0.2, 0) is 4.74 Å². The fourth-order valence-electron chi connectivity index (χ4n) is 0.522. The van der Waals surface area contributed by atoms with E-state index in [1.807, 2.05) is 13.8 Å². The Morgan fingerprint density at radius 1 is 1.24 bits per heavy atom. The SMILES string of the molecule is CCC(O)CBr.CCC(O)CCl.CCC1CO1. The molecular formula is C12H26BrClO3. The molecule has 3 atom stereocenters. The first-order valence-electron chi connectivity index (χ1n) is 6.15. The van der Waals surface area contributed by atoms with Crippen LogP contribution in [-0.4, -0.2) is 46.3 Å². The molecule has 1 aliphatic heterocycles. The van der Waals surface area contributed by atoms with Crippen molar-refractivity contribution in [2.24, 2.45) is 0 Å². The van der Waals surface area contributed by atoms with E-state index in [2.05, 4.69) is 22.9 Å². The molecule has 3 nitrogen and oxygen atoms in total. The molecule has 1 rings (SSSR count). The van der Waals surface area contributed by atoms with Crippen LogP contribution in [0.4, 0.5) is 0 Å². The van der Waals surface area contributed by atoms with Crippen molar-refractivity contribution in [1.82, 2.24) is 0 Å². The zero-order valence-electron chi connectivity index (χ0n) is 11.0. The van der Waals surface area contributed by atoms with Gasteiger partial charge in [0, 0.05) is 11.2 Å². The lowest BCUT2D eigenvalue weighted by Gasteiger charge is -1.96. The van der Waals surface area contributed by atoms with Crippen LogP contribution in [0, 0.1) is 0 Å². The Labute approximate surface area is 119 Å². The maximum Gasteiger partial charge on any atom is 0.0807 e. The molecule has 0 spiro atoms. The Hall–Kier alpha value is 0.650. The molecule has 0 aromatic heterocycles. The van der Waals surface area contributed by atoms with Crippen LogP contribution in [0.2, 0.25) is 0 Å². The summed E-state index contributed by atoms with van der Waals surface area (Å²) in [7, 11) is 0. The van der Waals surface area contributed by atoms with E-state index < -0.39 is 0 Å². The Bertz CT molecular complexity index is 128. The second-order valence-electron chi connectivity index (χ2n) is 3.80. The van der Waals surface area contributed by atoms with Gasteiger partial charge in [-0.25, -0.2) is 0 Å². The summed E-state index contributed by atoms with van der Waals surface area (Å²) in [4.78, 5) is 0. The van der Waals surface area contributed by atoms with Gasteiger partial charge in [-0.3, -0.25) is 0 Å². The van der Waals surface area contributed by atoms with Crippen molar-refractivity contribution in [2.45, 2.75) is 58.3 Å². The number of alkyl halides is 2. The third-order valence-electron chi connectivity index (χ3n) is 2.16. The molecule has 0 bridgehead atoms. The van der Waals surface area contributed by atoms with Gasteiger partial charge < -0.3 is 14.9 Å². The van der Waals surface area contributed by atoms with Crippen molar-refractivity contribution in [3.63, 3.8) is 0 Å². The maximum absolute atomic E-state index is 8.62. The van der Waals surface area contributed by atoms with Crippen molar-refractivity contribution < 1.29 is 14.9 Å². The Morgan fingerprint density at radius 2 is 1.71 bits per heavy atom. The largest absolute Gasteiger partial charge is 0.392 e. The average molecular weight is 334 g/mol. The summed E-state index contributed by atoms with van der Waals surface area (Å²) in [6.07, 6.45) is 2.97. The first-order valence-corrected chi connectivity index (χ1v) is 7.80. The van der Waals surface area contributed by atoms with Crippen molar-refractivity contribution >= 4 is 27.5 Å². The molecule has 0 aliphatic carbocycles. The van der Waals surface area contributed by atoms with Gasteiger partial charge in [0.05, 0.1) is 24.9 Å². The van der Waals surface area contributed by atoms with Crippen molar-refractivity contribution in [3.05, 3.63) is 0 Å². The second-order valence-corrected chi connectivity index (χ2v) is 4.75. The molecule has 1 fully saturated rings. The molecule has 0 amide bonds. The van der Waals surface area contributed by atoms with E-state index in [0.717, 1.165) is 19.4 Å². The lowest BCUT2D eigenvalue weighted by Crippen LogP contribution is -2.04. The lowest BCUT2D eigenvalue weighted by atomic mass is 10.3. The van der Waals surface area contributed by atoms with Gasteiger partial charge in [0.1, 0.15) is 0 Å². The molecule has 1 heterocycles. The number of rotatable bonds is 5. The minimum Gasteiger partial charge on any atom is -0.392 e. The fourth-order valence-corrected chi connectivity index (χ4v) is 1.20. The molecule has 2 N–H and O–H groups in total. The highest BCUT2D eigenvalue weighted by molar-refractivity contribution is 9.09. The zero-order valence-corrected chi connectivity index (χ0v) is 13.4. The minimum absolute atomic E-state index is 0.148. The Kier molecular flexibility index (Phi) is 17.3. The zero-order chi connectivity index (χ0) is 13.7. The Balaban J connectivity index is 0. The third-order valence-corrected chi connectivity index (χ3v) is 3.26. The van der Waals surface area contributed by atoms with Crippen LogP contribution in [0.1, 0.15) is 40.0 Å². The molecule has 5 heteroatoms. The van der Waals surface area contributed by atoms with Gasteiger partial charge >= 0.3 is 0 Å². The molecule has 0 saturated carbocycles. The quantitative estimate of drug-likeness (QED) is 0.601. The van der Waals surface area contributed by atoms with Gasteiger partial charge in [0.25, 0.3) is 0 Å². The van der Waals surface area contributed by atoms with E-state index in [1.54, 1.807) is 0 Å². The van der Waals surface area contributed by atoms with E-state index in [-0.39, 0.29) is 12.2 Å². The topological polar surface area (TPSA) is 53.0 Å². The number of hydrogen-bond donors (Lipinski definition) is 2. The highest BCUT2D eigenvalue weighted by Crippen LogP contribution is 2.10. The van der Waals surface area contributed by atoms with E-state index >= 15 is 0 Å². The number of aliphatic hydroxyl groups is 2. The van der Waals surface area contributed by atoms with Crippen LogP contribution in [0.3, 0.4) is 0 Å². The van der Waals surface area contributed by atoms with Gasteiger partial charge in [-0.1, -0.05) is 36.7 Å². The molecule has 0 aromatic carbocycles. The van der Waals surface area contributed by atoms with E-state index in [1.165, 1.54) is 6.42 Å². The van der Waals surface area contributed by atoms with Crippen LogP contribution >= 0.6 is 27.5 Å². The lowest BCUT2D eigenvalue weighted by molar-refractivity contribution is 0.194. The molecule has 17 heavy (non-hydrogen) atoms. The first kappa shape index (κ1) is 20.0. The van der Waals surface area contributed by atoms with Crippen molar-refractivity contribution in [3.8, 4) is 0 Å². The summed E-state index contributed by atoms with van der Waals surface area (Å²) in [6, 6.07) is 0. The van der Waals surface area contributed by atoms with Gasteiger partial charge in [-0.15, -0.1) is 11.6 Å². The summed E-state index contributed by atoms with van der Waals surface area (Å²) in [5.74, 6) is 0.358. The van der Waals surface area contributed by atoms with Gasteiger partial charge in [0.2, 0.25) is 0 Å². The van der Waals surface area contributed by atoms with Crippen molar-refractivity contribution in [2.75, 3.05) is 17.8 Å².